The van der Waals surface area contributed by atoms with Crippen molar-refractivity contribution in [3.05, 3.63) is 59.5 Å². The van der Waals surface area contributed by atoms with E-state index in [0.717, 1.165) is 18.7 Å². The number of hydrogen-bond acceptors (Lipinski definition) is 2. The fourth-order valence-corrected chi connectivity index (χ4v) is 2.37. The molecule has 1 heterocycles. The molecule has 1 aromatic heterocycles. The average Bonchev–Trinajstić information content (AvgIpc) is 2.99. The predicted molar refractivity (Wildman–Crippen MR) is 84.0 cm³/mol. The molecule has 1 N–H and O–H groups in total. The highest BCUT2D eigenvalue weighted by atomic mass is 16.3. The lowest BCUT2D eigenvalue weighted by atomic mass is 9.82. The van der Waals surface area contributed by atoms with Gasteiger partial charge in [0.1, 0.15) is 5.76 Å². The quantitative estimate of drug-likeness (QED) is 0.826. The normalized spacial score (nSPS) is 13.4. The molecule has 0 aliphatic carbocycles. The van der Waals surface area contributed by atoms with Gasteiger partial charge < -0.3 is 9.73 Å². The van der Waals surface area contributed by atoms with Gasteiger partial charge in [-0.05, 0) is 41.6 Å². The van der Waals surface area contributed by atoms with Crippen LogP contribution in [-0.4, -0.2) is 6.54 Å². The second-order valence-corrected chi connectivity index (χ2v) is 5.87. The Hall–Kier alpha value is -1.54. The van der Waals surface area contributed by atoms with E-state index in [1.165, 1.54) is 11.1 Å². The molecular formula is C18H25NO. The Labute approximate surface area is 122 Å². The van der Waals surface area contributed by atoms with Gasteiger partial charge >= 0.3 is 0 Å². The van der Waals surface area contributed by atoms with Gasteiger partial charge in [-0.2, -0.15) is 0 Å². The molecule has 1 atom stereocenters. The lowest BCUT2D eigenvalue weighted by Crippen LogP contribution is -2.22. The van der Waals surface area contributed by atoms with E-state index in [0.29, 0.717) is 0 Å². The van der Waals surface area contributed by atoms with Gasteiger partial charge in [0.15, 0.2) is 0 Å². The Morgan fingerprint density at radius 1 is 1.10 bits per heavy atom. The van der Waals surface area contributed by atoms with E-state index in [2.05, 4.69) is 57.3 Å². The van der Waals surface area contributed by atoms with Crippen LogP contribution in [0, 0.1) is 0 Å². The third-order valence-electron chi connectivity index (χ3n) is 4.15. The molecule has 0 saturated heterocycles. The smallest absolute Gasteiger partial charge is 0.125 e. The lowest BCUT2D eigenvalue weighted by molar-refractivity contribution is 0.452. The predicted octanol–water partition coefficient (Wildman–Crippen LogP) is 4.67. The molecule has 0 radical (unpaired) electrons. The minimum Gasteiger partial charge on any atom is -0.467 e. The van der Waals surface area contributed by atoms with Gasteiger partial charge in [0.2, 0.25) is 0 Å². The summed E-state index contributed by atoms with van der Waals surface area (Å²) < 4.78 is 5.56. The van der Waals surface area contributed by atoms with Crippen molar-refractivity contribution in [1.82, 2.24) is 5.32 Å². The van der Waals surface area contributed by atoms with Crippen molar-refractivity contribution in [1.29, 1.82) is 0 Å². The minimum atomic E-state index is 0.133. The van der Waals surface area contributed by atoms with Crippen LogP contribution in [0.4, 0.5) is 0 Å². The van der Waals surface area contributed by atoms with Crippen LogP contribution in [0.3, 0.4) is 0 Å². The fourth-order valence-electron chi connectivity index (χ4n) is 2.37. The molecule has 0 aliphatic rings. The standard InChI is InChI=1S/C18H25NO/c1-5-18(3,4)15-11-9-14(10-12-15)17(19-6-2)16-8-7-13-20-16/h7-13,17,19H,5-6H2,1-4H3. The average molecular weight is 271 g/mol. The first kappa shape index (κ1) is 14.9. The Morgan fingerprint density at radius 2 is 1.80 bits per heavy atom. The highest BCUT2D eigenvalue weighted by Gasteiger charge is 2.20. The van der Waals surface area contributed by atoms with Crippen molar-refractivity contribution in [3.8, 4) is 0 Å². The number of nitrogens with one attached hydrogen (secondary N) is 1. The molecule has 1 unspecified atom stereocenters. The summed E-state index contributed by atoms with van der Waals surface area (Å²) in [5, 5.41) is 3.48. The third kappa shape index (κ3) is 3.13. The second-order valence-electron chi connectivity index (χ2n) is 5.87. The fraction of sp³-hybridized carbons (Fsp3) is 0.444. The van der Waals surface area contributed by atoms with Gasteiger partial charge in [0, 0.05) is 0 Å². The number of furan rings is 1. The highest BCUT2D eigenvalue weighted by Crippen LogP contribution is 2.29. The molecule has 0 saturated carbocycles. The zero-order valence-electron chi connectivity index (χ0n) is 12.9. The molecule has 20 heavy (non-hydrogen) atoms. The van der Waals surface area contributed by atoms with Crippen molar-refractivity contribution < 1.29 is 4.42 Å². The van der Waals surface area contributed by atoms with Crippen LogP contribution >= 0.6 is 0 Å². The van der Waals surface area contributed by atoms with Gasteiger partial charge in [-0.25, -0.2) is 0 Å². The molecule has 1 aromatic carbocycles. The van der Waals surface area contributed by atoms with Gasteiger partial charge in [-0.3, -0.25) is 0 Å². The maximum absolute atomic E-state index is 5.56. The van der Waals surface area contributed by atoms with E-state index in [1.54, 1.807) is 6.26 Å². The molecule has 2 aromatic rings. The molecular weight excluding hydrogens is 246 g/mol. The van der Waals surface area contributed by atoms with Gasteiger partial charge in [0.25, 0.3) is 0 Å². The van der Waals surface area contributed by atoms with Crippen LogP contribution in [0.1, 0.15) is 57.0 Å². The van der Waals surface area contributed by atoms with Crippen molar-refractivity contribution in [2.75, 3.05) is 6.54 Å². The van der Waals surface area contributed by atoms with E-state index in [-0.39, 0.29) is 11.5 Å². The second kappa shape index (κ2) is 6.27. The molecule has 2 rings (SSSR count). The highest BCUT2D eigenvalue weighted by molar-refractivity contribution is 5.32. The molecule has 108 valence electrons. The van der Waals surface area contributed by atoms with Crippen LogP contribution in [0.2, 0.25) is 0 Å². The van der Waals surface area contributed by atoms with E-state index in [9.17, 15) is 0 Å². The van der Waals surface area contributed by atoms with Crippen molar-refractivity contribution in [2.45, 2.75) is 45.6 Å². The van der Waals surface area contributed by atoms with Gasteiger partial charge in [-0.15, -0.1) is 0 Å². The summed E-state index contributed by atoms with van der Waals surface area (Å²) >= 11 is 0. The Bertz CT molecular complexity index is 511. The molecule has 0 spiro atoms. The lowest BCUT2D eigenvalue weighted by Gasteiger charge is -2.24. The first-order valence-corrected chi connectivity index (χ1v) is 7.45. The van der Waals surface area contributed by atoms with Crippen LogP contribution in [-0.2, 0) is 5.41 Å². The summed E-state index contributed by atoms with van der Waals surface area (Å²) in [6.07, 6.45) is 2.87. The van der Waals surface area contributed by atoms with E-state index in [4.69, 9.17) is 4.42 Å². The maximum atomic E-state index is 5.56. The monoisotopic (exact) mass is 271 g/mol. The summed E-state index contributed by atoms with van der Waals surface area (Å²) in [5.41, 5.74) is 2.87. The van der Waals surface area contributed by atoms with E-state index >= 15 is 0 Å². The molecule has 0 fully saturated rings. The Morgan fingerprint density at radius 3 is 2.30 bits per heavy atom. The summed E-state index contributed by atoms with van der Waals surface area (Å²) in [5.74, 6) is 0.967. The summed E-state index contributed by atoms with van der Waals surface area (Å²) in [4.78, 5) is 0. The number of rotatable bonds is 6. The summed E-state index contributed by atoms with van der Waals surface area (Å²) in [6, 6.07) is 13.0. The SMILES string of the molecule is CCNC(c1ccc(C(C)(C)CC)cc1)c1ccco1. The zero-order valence-corrected chi connectivity index (χ0v) is 12.9. The van der Waals surface area contributed by atoms with Crippen molar-refractivity contribution in [2.24, 2.45) is 0 Å². The third-order valence-corrected chi connectivity index (χ3v) is 4.15. The maximum Gasteiger partial charge on any atom is 0.125 e. The molecule has 0 aliphatic heterocycles. The summed E-state index contributed by atoms with van der Waals surface area (Å²) in [6.45, 7) is 9.84. The first-order valence-electron chi connectivity index (χ1n) is 7.45. The van der Waals surface area contributed by atoms with Crippen LogP contribution in [0.15, 0.2) is 47.1 Å². The van der Waals surface area contributed by atoms with E-state index in [1.807, 2.05) is 12.1 Å². The number of hydrogen-bond donors (Lipinski definition) is 1. The van der Waals surface area contributed by atoms with Crippen molar-refractivity contribution >= 4 is 0 Å². The zero-order chi connectivity index (χ0) is 14.6. The van der Waals surface area contributed by atoms with Crippen LogP contribution in [0.5, 0.6) is 0 Å². The van der Waals surface area contributed by atoms with Crippen LogP contribution < -0.4 is 5.32 Å². The molecule has 0 amide bonds. The minimum absolute atomic E-state index is 0.133. The Balaban J connectivity index is 2.27. The van der Waals surface area contributed by atoms with Gasteiger partial charge in [0.05, 0.1) is 12.3 Å². The number of benzene rings is 1. The Kier molecular flexibility index (Phi) is 4.66. The topological polar surface area (TPSA) is 25.2 Å². The van der Waals surface area contributed by atoms with E-state index < -0.39 is 0 Å². The molecule has 2 nitrogen and oxygen atoms in total. The van der Waals surface area contributed by atoms with Crippen LogP contribution in [0.25, 0.3) is 0 Å². The van der Waals surface area contributed by atoms with Crippen molar-refractivity contribution in [3.63, 3.8) is 0 Å². The van der Waals surface area contributed by atoms with Gasteiger partial charge in [-0.1, -0.05) is 52.0 Å². The molecule has 2 heteroatoms. The first-order chi connectivity index (χ1) is 9.58. The molecule has 0 bridgehead atoms. The largest absolute Gasteiger partial charge is 0.467 e. The summed E-state index contributed by atoms with van der Waals surface area (Å²) in [7, 11) is 0.